The van der Waals surface area contributed by atoms with Crippen molar-refractivity contribution in [2.45, 2.75) is 52.9 Å². The molecule has 0 bridgehead atoms. The summed E-state index contributed by atoms with van der Waals surface area (Å²) in [5.41, 5.74) is 1.57. The van der Waals surface area contributed by atoms with E-state index in [1.807, 2.05) is 20.8 Å². The van der Waals surface area contributed by atoms with Crippen LogP contribution >= 0.6 is 0 Å². The molecule has 3 N–H and O–H groups in total. The van der Waals surface area contributed by atoms with Gasteiger partial charge in [0.25, 0.3) is 0 Å². The maximum atomic E-state index is 11.8. The van der Waals surface area contributed by atoms with Gasteiger partial charge in [0.1, 0.15) is 11.4 Å². The number of H-pyrrole nitrogens is 1. The van der Waals surface area contributed by atoms with Crippen molar-refractivity contribution in [2.24, 2.45) is 0 Å². The molecule has 0 saturated carbocycles. The van der Waals surface area contributed by atoms with Gasteiger partial charge in [-0.2, -0.15) is 5.10 Å². The van der Waals surface area contributed by atoms with E-state index in [0.717, 1.165) is 18.7 Å². The maximum absolute atomic E-state index is 11.8. The molecule has 0 aliphatic carbocycles. The normalized spacial score (nSPS) is 11.5. The molecule has 2 rings (SSSR count). The third kappa shape index (κ3) is 5.45. The molecule has 23 heavy (non-hydrogen) atoms. The Morgan fingerprint density at radius 3 is 2.83 bits per heavy atom. The molecule has 0 radical (unpaired) electrons. The largest absolute Gasteiger partial charge is 0.444 e. The first-order valence-electron chi connectivity index (χ1n) is 7.75. The smallest absolute Gasteiger partial charge is 0.413 e. The predicted molar refractivity (Wildman–Crippen MR) is 89.1 cm³/mol. The van der Waals surface area contributed by atoms with Crippen molar-refractivity contribution < 1.29 is 9.53 Å². The number of carbonyl (C=O) groups is 1. The Morgan fingerprint density at radius 2 is 2.17 bits per heavy atom. The van der Waals surface area contributed by atoms with Gasteiger partial charge >= 0.3 is 6.09 Å². The van der Waals surface area contributed by atoms with Gasteiger partial charge in [-0.15, -0.1) is 0 Å². The number of rotatable bonds is 6. The molecule has 7 nitrogen and oxygen atoms in total. The number of carbonyl (C=O) groups excluding carboxylic acids is 1. The zero-order chi connectivity index (χ0) is 16.9. The molecule has 2 aromatic rings. The number of hydrogen-bond donors (Lipinski definition) is 3. The Hall–Kier alpha value is -2.28. The zero-order valence-corrected chi connectivity index (χ0v) is 14.1. The van der Waals surface area contributed by atoms with Crippen LogP contribution in [0.4, 0.5) is 10.6 Å². The second kappa shape index (κ2) is 7.32. The van der Waals surface area contributed by atoms with Crippen LogP contribution in [0.25, 0.3) is 0 Å². The summed E-state index contributed by atoms with van der Waals surface area (Å²) in [5, 5.41) is 12.8. The number of hydrogen-bond acceptors (Lipinski definition) is 4. The lowest BCUT2D eigenvalue weighted by Gasteiger charge is -2.19. The highest BCUT2D eigenvalue weighted by Crippen LogP contribution is 2.14. The first-order valence-corrected chi connectivity index (χ1v) is 7.75. The lowest BCUT2D eigenvalue weighted by atomic mass is 10.2. The number of amides is 1. The molecule has 0 saturated heterocycles. The molecule has 0 aliphatic heterocycles. The highest BCUT2D eigenvalue weighted by molar-refractivity contribution is 5.84. The van der Waals surface area contributed by atoms with Gasteiger partial charge in [0.15, 0.2) is 0 Å². The van der Waals surface area contributed by atoms with E-state index in [1.165, 1.54) is 5.56 Å². The number of aromatic nitrogens is 3. The van der Waals surface area contributed by atoms with E-state index in [1.54, 1.807) is 6.20 Å². The summed E-state index contributed by atoms with van der Waals surface area (Å²) in [7, 11) is 0. The van der Waals surface area contributed by atoms with Gasteiger partial charge in [0.05, 0.1) is 6.20 Å². The number of nitrogens with zero attached hydrogens (tertiary/aromatic N) is 2. The van der Waals surface area contributed by atoms with E-state index >= 15 is 0 Å². The average molecular weight is 319 g/mol. The summed E-state index contributed by atoms with van der Waals surface area (Å²) in [6, 6.07) is 2.09. The molecule has 0 aliphatic rings. The highest BCUT2D eigenvalue weighted by atomic mass is 16.6. The molecule has 0 fully saturated rings. The molecule has 0 spiro atoms. The maximum Gasteiger partial charge on any atom is 0.413 e. The monoisotopic (exact) mass is 319 g/mol. The van der Waals surface area contributed by atoms with E-state index in [9.17, 15) is 4.79 Å². The fraction of sp³-hybridized carbons (Fsp3) is 0.500. The van der Waals surface area contributed by atoms with Gasteiger partial charge in [-0.25, -0.2) is 4.79 Å². The summed E-state index contributed by atoms with van der Waals surface area (Å²) in [6.07, 6.45) is 5.37. The molecule has 7 heteroatoms. The summed E-state index contributed by atoms with van der Waals surface area (Å²) in [4.78, 5) is 11.8. The number of anilines is 1. The SMILES string of the molecule is CCn1ccc(CNCc2cn[nH]c2NC(=O)OC(C)(C)C)c1. The Balaban J connectivity index is 1.84. The Bertz CT molecular complexity index is 639. The van der Waals surface area contributed by atoms with Crippen molar-refractivity contribution >= 4 is 11.9 Å². The van der Waals surface area contributed by atoms with Crippen LogP contribution in [0.5, 0.6) is 0 Å². The van der Waals surface area contributed by atoms with E-state index < -0.39 is 11.7 Å². The quantitative estimate of drug-likeness (QED) is 0.764. The van der Waals surface area contributed by atoms with Gasteiger partial charge in [-0.3, -0.25) is 10.4 Å². The molecule has 0 unspecified atom stereocenters. The molecule has 126 valence electrons. The van der Waals surface area contributed by atoms with Crippen molar-refractivity contribution in [1.82, 2.24) is 20.1 Å². The van der Waals surface area contributed by atoms with Gasteiger partial charge < -0.3 is 14.6 Å². The third-order valence-electron chi connectivity index (χ3n) is 3.17. The number of ether oxygens (including phenoxy) is 1. The van der Waals surface area contributed by atoms with Crippen molar-refractivity contribution in [3.63, 3.8) is 0 Å². The minimum atomic E-state index is -0.533. The van der Waals surface area contributed by atoms with Gasteiger partial charge in [-0.1, -0.05) is 0 Å². The summed E-state index contributed by atoms with van der Waals surface area (Å²) < 4.78 is 7.36. The Morgan fingerprint density at radius 1 is 1.39 bits per heavy atom. The van der Waals surface area contributed by atoms with Gasteiger partial charge in [-0.05, 0) is 39.3 Å². The van der Waals surface area contributed by atoms with E-state index in [2.05, 4.69) is 50.8 Å². The number of aryl methyl sites for hydroxylation is 1. The molecular formula is C16H25N5O2. The molecular weight excluding hydrogens is 294 g/mol. The summed E-state index contributed by atoms with van der Waals surface area (Å²) in [5.74, 6) is 0.554. The topological polar surface area (TPSA) is 84.0 Å². The van der Waals surface area contributed by atoms with Crippen LogP contribution in [-0.4, -0.2) is 26.5 Å². The molecule has 0 aromatic carbocycles. The van der Waals surface area contributed by atoms with Crippen LogP contribution in [0.1, 0.15) is 38.8 Å². The standard InChI is InChI=1S/C16H25N5O2/c1-5-21-7-6-12(11-21)8-17-9-13-10-18-20-14(13)19-15(22)23-16(2,3)4/h6-7,10-11,17H,5,8-9H2,1-4H3,(H2,18,19,20,22). The lowest BCUT2D eigenvalue weighted by molar-refractivity contribution is 0.0635. The van der Waals surface area contributed by atoms with Crippen LogP contribution in [0.15, 0.2) is 24.7 Å². The molecule has 1 amide bonds. The van der Waals surface area contributed by atoms with Gasteiger partial charge in [0.2, 0.25) is 0 Å². The minimum absolute atomic E-state index is 0.497. The first kappa shape index (κ1) is 17.1. The van der Waals surface area contributed by atoms with Crippen LogP contribution < -0.4 is 10.6 Å². The Labute approximate surface area is 136 Å². The number of aromatic amines is 1. The van der Waals surface area contributed by atoms with Crippen LogP contribution in [0.2, 0.25) is 0 Å². The third-order valence-corrected chi connectivity index (χ3v) is 3.17. The Kier molecular flexibility index (Phi) is 5.44. The van der Waals surface area contributed by atoms with Crippen molar-refractivity contribution in [3.05, 3.63) is 35.8 Å². The van der Waals surface area contributed by atoms with Crippen molar-refractivity contribution in [2.75, 3.05) is 5.32 Å². The van der Waals surface area contributed by atoms with Crippen LogP contribution in [0.3, 0.4) is 0 Å². The fourth-order valence-electron chi connectivity index (χ4n) is 2.09. The van der Waals surface area contributed by atoms with Crippen LogP contribution in [-0.2, 0) is 24.4 Å². The highest BCUT2D eigenvalue weighted by Gasteiger charge is 2.17. The number of nitrogens with one attached hydrogen (secondary N) is 3. The van der Waals surface area contributed by atoms with Crippen LogP contribution in [0, 0.1) is 0 Å². The van der Waals surface area contributed by atoms with Crippen molar-refractivity contribution in [3.8, 4) is 0 Å². The van der Waals surface area contributed by atoms with E-state index in [0.29, 0.717) is 12.4 Å². The summed E-state index contributed by atoms with van der Waals surface area (Å²) >= 11 is 0. The average Bonchev–Trinajstić information content (AvgIpc) is 3.06. The lowest BCUT2D eigenvalue weighted by Crippen LogP contribution is -2.27. The fourth-order valence-corrected chi connectivity index (χ4v) is 2.09. The zero-order valence-electron chi connectivity index (χ0n) is 14.1. The second-order valence-corrected chi connectivity index (χ2v) is 6.35. The van der Waals surface area contributed by atoms with E-state index in [4.69, 9.17) is 4.74 Å². The summed E-state index contributed by atoms with van der Waals surface area (Å²) in [6.45, 7) is 9.89. The minimum Gasteiger partial charge on any atom is -0.444 e. The molecule has 0 atom stereocenters. The predicted octanol–water partition coefficient (Wildman–Crippen LogP) is 2.87. The molecule has 2 heterocycles. The van der Waals surface area contributed by atoms with Crippen molar-refractivity contribution in [1.29, 1.82) is 0 Å². The second-order valence-electron chi connectivity index (χ2n) is 6.35. The van der Waals surface area contributed by atoms with Gasteiger partial charge in [0, 0.05) is 37.6 Å². The van der Waals surface area contributed by atoms with E-state index in [-0.39, 0.29) is 0 Å². The molecule has 2 aromatic heterocycles. The first-order chi connectivity index (χ1) is 10.9.